The summed E-state index contributed by atoms with van der Waals surface area (Å²) >= 11 is 5.00. The van der Waals surface area contributed by atoms with Gasteiger partial charge in [0.05, 0.1) is 0 Å². The summed E-state index contributed by atoms with van der Waals surface area (Å²) in [6.45, 7) is 2.34. The van der Waals surface area contributed by atoms with Crippen molar-refractivity contribution >= 4 is 32.4 Å². The Hall–Kier alpha value is -0.160. The lowest BCUT2D eigenvalue weighted by atomic mass is 9.63. The number of rotatable bonds is 1. The molecule has 5 heteroatoms. The zero-order valence-electron chi connectivity index (χ0n) is 8.58. The number of hydrogen-bond donors (Lipinski definition) is 0. The summed E-state index contributed by atoms with van der Waals surface area (Å²) in [7, 11) is 0. The van der Waals surface area contributed by atoms with Crippen LogP contribution in [0.1, 0.15) is 32.1 Å². The molecule has 82 valence electrons. The highest BCUT2D eigenvalue weighted by Gasteiger charge is 2.39. The molecule has 2 fully saturated rings. The highest BCUT2D eigenvalue weighted by atomic mass is 79.9. The second kappa shape index (κ2) is 3.70. The second-order valence-corrected chi connectivity index (χ2v) is 6.91. The van der Waals surface area contributed by atoms with Crippen molar-refractivity contribution in [3.05, 3.63) is 3.92 Å². The van der Waals surface area contributed by atoms with E-state index in [2.05, 4.69) is 31.0 Å². The highest BCUT2D eigenvalue weighted by Crippen LogP contribution is 2.49. The predicted octanol–water partition coefficient (Wildman–Crippen LogP) is 3.07. The van der Waals surface area contributed by atoms with E-state index in [9.17, 15) is 0 Å². The molecule has 0 unspecified atom stereocenters. The molecule has 3 nitrogen and oxygen atoms in total. The molecule has 0 aromatic carbocycles. The molecule has 3 rings (SSSR count). The van der Waals surface area contributed by atoms with Gasteiger partial charge in [-0.3, -0.25) is 0 Å². The molecule has 0 atom stereocenters. The summed E-state index contributed by atoms with van der Waals surface area (Å²) in [5.74, 6) is 0. The van der Waals surface area contributed by atoms with E-state index in [0.29, 0.717) is 0 Å². The zero-order chi connectivity index (χ0) is 10.3. The van der Waals surface area contributed by atoms with Crippen molar-refractivity contribution in [3.8, 4) is 0 Å². The lowest BCUT2D eigenvalue weighted by Gasteiger charge is -2.47. The van der Waals surface area contributed by atoms with Gasteiger partial charge in [0.2, 0.25) is 5.13 Å². The van der Waals surface area contributed by atoms with Crippen molar-refractivity contribution in [1.82, 2.24) is 10.2 Å². The van der Waals surface area contributed by atoms with Gasteiger partial charge in [0.15, 0.2) is 3.92 Å². The molecule has 1 aromatic heterocycles. The van der Waals surface area contributed by atoms with E-state index < -0.39 is 0 Å². The molecule has 1 saturated heterocycles. The summed E-state index contributed by atoms with van der Waals surface area (Å²) in [4.78, 5) is 2.38. The standard InChI is InChI=1S/C10H14BrN3S/c11-8-12-13-9(15-8)14-6-4-10(5-7-14)2-1-3-10/h1-7H2. The molecule has 2 aliphatic rings. The van der Waals surface area contributed by atoms with Crippen LogP contribution in [0.5, 0.6) is 0 Å². The highest BCUT2D eigenvalue weighted by molar-refractivity contribution is 9.11. The second-order valence-electron chi connectivity index (χ2n) is 4.68. The Kier molecular flexibility index (Phi) is 2.47. The molecule has 1 spiro atoms. The van der Waals surface area contributed by atoms with Gasteiger partial charge in [0, 0.05) is 13.1 Å². The molecule has 15 heavy (non-hydrogen) atoms. The summed E-state index contributed by atoms with van der Waals surface area (Å²) < 4.78 is 0.890. The largest absolute Gasteiger partial charge is 0.347 e. The molecule has 0 radical (unpaired) electrons. The van der Waals surface area contributed by atoms with Crippen LogP contribution in [0.2, 0.25) is 0 Å². The van der Waals surface area contributed by atoms with Crippen LogP contribution in [0.15, 0.2) is 3.92 Å². The van der Waals surface area contributed by atoms with Crippen molar-refractivity contribution in [2.24, 2.45) is 5.41 Å². The van der Waals surface area contributed by atoms with Crippen molar-refractivity contribution < 1.29 is 0 Å². The number of nitrogens with zero attached hydrogens (tertiary/aromatic N) is 3. The molecule has 0 N–H and O–H groups in total. The summed E-state index contributed by atoms with van der Waals surface area (Å²) in [6, 6.07) is 0. The van der Waals surface area contributed by atoms with E-state index in [1.165, 1.54) is 45.2 Å². The Morgan fingerprint density at radius 2 is 1.87 bits per heavy atom. The topological polar surface area (TPSA) is 29.0 Å². The number of aromatic nitrogens is 2. The Balaban J connectivity index is 1.66. The van der Waals surface area contributed by atoms with Gasteiger partial charge in [0.1, 0.15) is 0 Å². The minimum absolute atomic E-state index is 0.721. The third-order valence-electron chi connectivity index (χ3n) is 3.90. The maximum Gasteiger partial charge on any atom is 0.209 e. The summed E-state index contributed by atoms with van der Waals surface area (Å²) in [6.07, 6.45) is 7.07. The molecule has 1 aliphatic carbocycles. The predicted molar refractivity (Wildman–Crippen MR) is 65.3 cm³/mol. The third-order valence-corrected chi connectivity index (χ3v) is 5.32. The van der Waals surface area contributed by atoms with E-state index in [1.807, 2.05) is 0 Å². The van der Waals surface area contributed by atoms with Crippen LogP contribution in [0.3, 0.4) is 0 Å². The van der Waals surface area contributed by atoms with Crippen LogP contribution in [0.4, 0.5) is 5.13 Å². The Morgan fingerprint density at radius 3 is 2.33 bits per heavy atom. The molecule has 1 aliphatic heterocycles. The van der Waals surface area contributed by atoms with Crippen LogP contribution in [-0.2, 0) is 0 Å². The Bertz CT molecular complexity index is 351. The van der Waals surface area contributed by atoms with Gasteiger partial charge >= 0.3 is 0 Å². The van der Waals surface area contributed by atoms with Crippen LogP contribution in [0.25, 0.3) is 0 Å². The van der Waals surface area contributed by atoms with Gasteiger partial charge in [-0.05, 0) is 47.0 Å². The fraction of sp³-hybridized carbons (Fsp3) is 0.800. The Labute approximate surface area is 102 Å². The number of anilines is 1. The molecule has 0 amide bonds. The van der Waals surface area contributed by atoms with Gasteiger partial charge in [-0.25, -0.2) is 0 Å². The Morgan fingerprint density at radius 1 is 1.13 bits per heavy atom. The van der Waals surface area contributed by atoms with Crippen LogP contribution in [-0.4, -0.2) is 23.3 Å². The molecule has 1 saturated carbocycles. The van der Waals surface area contributed by atoms with Crippen LogP contribution < -0.4 is 4.90 Å². The van der Waals surface area contributed by atoms with Gasteiger partial charge in [-0.2, -0.15) is 0 Å². The molecule has 1 aromatic rings. The van der Waals surface area contributed by atoms with Crippen molar-refractivity contribution in [2.75, 3.05) is 18.0 Å². The molecule has 0 bridgehead atoms. The zero-order valence-corrected chi connectivity index (χ0v) is 11.0. The van der Waals surface area contributed by atoms with Crippen LogP contribution in [0, 0.1) is 5.41 Å². The van der Waals surface area contributed by atoms with E-state index in [1.54, 1.807) is 11.3 Å². The summed E-state index contributed by atoms with van der Waals surface area (Å²) in [5.41, 5.74) is 0.721. The van der Waals surface area contributed by atoms with E-state index in [4.69, 9.17) is 0 Å². The number of halogens is 1. The lowest BCUT2D eigenvalue weighted by Crippen LogP contribution is -2.43. The first-order valence-corrected chi connectivity index (χ1v) is 7.12. The third kappa shape index (κ3) is 1.80. The van der Waals surface area contributed by atoms with E-state index in [-0.39, 0.29) is 0 Å². The van der Waals surface area contributed by atoms with Crippen molar-refractivity contribution in [3.63, 3.8) is 0 Å². The average molecular weight is 288 g/mol. The minimum atomic E-state index is 0.721. The first-order chi connectivity index (χ1) is 7.27. The van der Waals surface area contributed by atoms with E-state index >= 15 is 0 Å². The van der Waals surface area contributed by atoms with Gasteiger partial charge in [0.25, 0.3) is 0 Å². The maximum absolute atomic E-state index is 4.18. The van der Waals surface area contributed by atoms with E-state index in [0.717, 1.165) is 14.5 Å². The lowest BCUT2D eigenvalue weighted by molar-refractivity contribution is 0.0955. The molecule has 2 heterocycles. The summed E-state index contributed by atoms with van der Waals surface area (Å²) in [5, 5.41) is 9.26. The molecular formula is C10H14BrN3S. The fourth-order valence-corrected chi connectivity index (χ4v) is 3.81. The number of hydrogen-bond acceptors (Lipinski definition) is 4. The van der Waals surface area contributed by atoms with Crippen LogP contribution >= 0.6 is 27.3 Å². The maximum atomic E-state index is 4.18. The van der Waals surface area contributed by atoms with Crippen molar-refractivity contribution in [2.45, 2.75) is 32.1 Å². The number of piperidine rings is 1. The SMILES string of the molecule is Brc1nnc(N2CCC3(CCC3)CC2)s1. The monoisotopic (exact) mass is 287 g/mol. The van der Waals surface area contributed by atoms with Gasteiger partial charge in [-0.15, -0.1) is 10.2 Å². The normalized spacial score (nSPS) is 24.2. The fourth-order valence-electron chi connectivity index (χ4n) is 2.68. The van der Waals surface area contributed by atoms with Gasteiger partial charge < -0.3 is 4.90 Å². The minimum Gasteiger partial charge on any atom is -0.347 e. The van der Waals surface area contributed by atoms with Gasteiger partial charge in [-0.1, -0.05) is 17.8 Å². The smallest absolute Gasteiger partial charge is 0.209 e. The van der Waals surface area contributed by atoms with Crippen molar-refractivity contribution in [1.29, 1.82) is 0 Å². The quantitative estimate of drug-likeness (QED) is 0.795. The first-order valence-electron chi connectivity index (χ1n) is 5.51. The average Bonchev–Trinajstić information content (AvgIpc) is 2.63. The first kappa shape index (κ1) is 10.0. The molecular weight excluding hydrogens is 274 g/mol.